The predicted octanol–water partition coefficient (Wildman–Crippen LogP) is 4.39. The zero-order valence-electron chi connectivity index (χ0n) is 9.31. The van der Waals surface area contributed by atoms with Crippen LogP contribution in [0, 0.1) is 17.3 Å². The van der Waals surface area contributed by atoms with Crippen molar-refractivity contribution in [3.8, 4) is 0 Å². The Bertz CT molecular complexity index is 169. The minimum absolute atomic E-state index is 0.654. The number of hydrogen-bond donors (Lipinski definition) is 0. The van der Waals surface area contributed by atoms with Crippen LogP contribution < -0.4 is 0 Å². The van der Waals surface area contributed by atoms with Crippen molar-refractivity contribution in [3.63, 3.8) is 0 Å². The summed E-state index contributed by atoms with van der Waals surface area (Å²) in [4.78, 5) is 0. The van der Waals surface area contributed by atoms with Gasteiger partial charge in [-0.1, -0.05) is 52.4 Å². The van der Waals surface area contributed by atoms with Gasteiger partial charge in [-0.05, 0) is 30.1 Å². The van der Waals surface area contributed by atoms with Gasteiger partial charge in [0.15, 0.2) is 0 Å². The summed E-state index contributed by atoms with van der Waals surface area (Å²) in [6.45, 7) is 5.03. The quantitative estimate of drug-likeness (QED) is 0.518. The van der Waals surface area contributed by atoms with Gasteiger partial charge in [-0.15, -0.1) is 0 Å². The van der Waals surface area contributed by atoms with Crippen molar-refractivity contribution in [2.75, 3.05) is 0 Å². The Morgan fingerprint density at radius 2 is 1.62 bits per heavy atom. The predicted molar refractivity (Wildman–Crippen MR) is 57.7 cm³/mol. The van der Waals surface area contributed by atoms with E-state index in [2.05, 4.69) is 13.8 Å². The van der Waals surface area contributed by atoms with Crippen LogP contribution in [0.25, 0.3) is 0 Å². The van der Waals surface area contributed by atoms with Crippen molar-refractivity contribution in [2.45, 2.75) is 65.2 Å². The lowest BCUT2D eigenvalue weighted by Crippen LogP contribution is -2.28. The number of rotatable bonds is 0. The van der Waals surface area contributed by atoms with Crippen LogP contribution in [-0.4, -0.2) is 0 Å². The van der Waals surface area contributed by atoms with E-state index in [4.69, 9.17) is 0 Å². The monoisotopic (exact) mass is 180 g/mol. The molecule has 2 fully saturated rings. The highest BCUT2D eigenvalue weighted by atomic mass is 14.4. The van der Waals surface area contributed by atoms with E-state index in [1.54, 1.807) is 0 Å². The topological polar surface area (TPSA) is 0 Å². The minimum Gasteiger partial charge on any atom is -0.0596 e. The molecule has 0 aromatic carbocycles. The highest BCUT2D eigenvalue weighted by molar-refractivity contribution is 4.89. The summed E-state index contributed by atoms with van der Waals surface area (Å²) >= 11 is 0. The Morgan fingerprint density at radius 1 is 0.846 bits per heavy atom. The number of hydrogen-bond acceptors (Lipinski definition) is 0. The van der Waals surface area contributed by atoms with Crippen LogP contribution in [0.1, 0.15) is 65.2 Å². The molecule has 0 N–H and O–H groups in total. The van der Waals surface area contributed by atoms with Crippen LogP contribution >= 0.6 is 0 Å². The third kappa shape index (κ3) is 1.92. The zero-order chi connectivity index (χ0) is 9.31. The van der Waals surface area contributed by atoms with E-state index in [1.807, 2.05) is 0 Å². The van der Waals surface area contributed by atoms with Gasteiger partial charge in [0.05, 0.1) is 0 Å². The lowest BCUT2D eigenvalue weighted by molar-refractivity contribution is 0.125. The van der Waals surface area contributed by atoms with E-state index in [0.717, 1.165) is 11.8 Å². The third-order valence-electron chi connectivity index (χ3n) is 4.56. The Labute approximate surface area is 83.1 Å². The van der Waals surface area contributed by atoms with Crippen molar-refractivity contribution in [2.24, 2.45) is 17.3 Å². The molecule has 2 saturated carbocycles. The maximum atomic E-state index is 2.52. The molecule has 0 spiro atoms. The molecule has 76 valence electrons. The van der Waals surface area contributed by atoms with Crippen molar-refractivity contribution in [1.29, 1.82) is 0 Å². The summed E-state index contributed by atoms with van der Waals surface area (Å²) in [5.41, 5.74) is 0.654. The Kier molecular flexibility index (Phi) is 2.67. The Balaban J connectivity index is 2.09. The second kappa shape index (κ2) is 3.63. The molecule has 2 rings (SSSR count). The van der Waals surface area contributed by atoms with Gasteiger partial charge in [-0.25, -0.2) is 0 Å². The summed E-state index contributed by atoms with van der Waals surface area (Å²) in [6, 6.07) is 0. The fraction of sp³-hybridized carbons (Fsp3) is 1.00. The fourth-order valence-electron chi connectivity index (χ4n) is 3.76. The van der Waals surface area contributed by atoms with Crippen molar-refractivity contribution >= 4 is 0 Å². The molecule has 2 aliphatic carbocycles. The first kappa shape index (κ1) is 9.55. The van der Waals surface area contributed by atoms with E-state index in [9.17, 15) is 0 Å². The van der Waals surface area contributed by atoms with E-state index < -0.39 is 0 Å². The van der Waals surface area contributed by atoms with Crippen LogP contribution in [0.15, 0.2) is 0 Å². The van der Waals surface area contributed by atoms with E-state index >= 15 is 0 Å². The fourth-order valence-corrected chi connectivity index (χ4v) is 3.76. The standard InChI is InChI=1S/C13H24/c1-13(2)10-5-3-4-7-11-8-6-9-12(11)13/h11-12H,3-10H2,1-2H3. The van der Waals surface area contributed by atoms with Crippen LogP contribution in [-0.2, 0) is 0 Å². The molecule has 13 heavy (non-hydrogen) atoms. The molecule has 0 amide bonds. The number of fused-ring (bicyclic) bond motifs is 1. The first-order chi connectivity index (χ1) is 6.20. The SMILES string of the molecule is CC1(C)CCCCCC2CCCC21. The van der Waals surface area contributed by atoms with Crippen LogP contribution in [0.5, 0.6) is 0 Å². The summed E-state index contributed by atoms with van der Waals surface area (Å²) < 4.78 is 0. The third-order valence-corrected chi connectivity index (χ3v) is 4.56. The van der Waals surface area contributed by atoms with E-state index in [0.29, 0.717) is 5.41 Å². The van der Waals surface area contributed by atoms with Gasteiger partial charge in [0, 0.05) is 0 Å². The normalized spacial score (nSPS) is 39.2. The van der Waals surface area contributed by atoms with Gasteiger partial charge in [-0.2, -0.15) is 0 Å². The van der Waals surface area contributed by atoms with Crippen molar-refractivity contribution in [1.82, 2.24) is 0 Å². The maximum absolute atomic E-state index is 2.52. The molecular formula is C13H24. The molecular weight excluding hydrogens is 156 g/mol. The van der Waals surface area contributed by atoms with Gasteiger partial charge < -0.3 is 0 Å². The Morgan fingerprint density at radius 3 is 2.46 bits per heavy atom. The minimum atomic E-state index is 0.654. The van der Waals surface area contributed by atoms with E-state index in [1.165, 1.54) is 51.4 Å². The van der Waals surface area contributed by atoms with Gasteiger partial charge in [-0.3, -0.25) is 0 Å². The second-order valence-electron chi connectivity index (χ2n) is 5.89. The maximum Gasteiger partial charge on any atom is -0.0323 e. The average molecular weight is 180 g/mol. The van der Waals surface area contributed by atoms with Crippen LogP contribution in [0.3, 0.4) is 0 Å². The first-order valence-electron chi connectivity index (χ1n) is 6.20. The van der Waals surface area contributed by atoms with Crippen LogP contribution in [0.2, 0.25) is 0 Å². The molecule has 0 nitrogen and oxygen atoms in total. The van der Waals surface area contributed by atoms with Gasteiger partial charge >= 0.3 is 0 Å². The second-order valence-corrected chi connectivity index (χ2v) is 5.89. The average Bonchev–Trinajstić information content (AvgIpc) is 2.49. The molecule has 0 heterocycles. The van der Waals surface area contributed by atoms with Crippen LogP contribution in [0.4, 0.5) is 0 Å². The molecule has 0 heteroatoms. The smallest absolute Gasteiger partial charge is 0.0323 e. The highest BCUT2D eigenvalue weighted by Gasteiger charge is 2.38. The van der Waals surface area contributed by atoms with Crippen molar-refractivity contribution in [3.05, 3.63) is 0 Å². The largest absolute Gasteiger partial charge is 0.0596 e. The van der Waals surface area contributed by atoms with Gasteiger partial charge in [0.25, 0.3) is 0 Å². The molecule has 0 aliphatic heterocycles. The molecule has 0 aromatic rings. The molecule has 0 radical (unpaired) electrons. The molecule has 2 aliphatic rings. The molecule has 2 atom stereocenters. The molecule has 2 unspecified atom stereocenters. The Hall–Kier alpha value is 0. The summed E-state index contributed by atoms with van der Waals surface area (Å²) in [7, 11) is 0. The zero-order valence-corrected chi connectivity index (χ0v) is 9.31. The van der Waals surface area contributed by atoms with Gasteiger partial charge in [0.1, 0.15) is 0 Å². The summed E-state index contributed by atoms with van der Waals surface area (Å²) in [5, 5.41) is 0. The first-order valence-corrected chi connectivity index (χ1v) is 6.20. The summed E-state index contributed by atoms with van der Waals surface area (Å²) in [5.74, 6) is 2.16. The molecule has 0 aromatic heterocycles. The highest BCUT2D eigenvalue weighted by Crippen LogP contribution is 2.49. The summed E-state index contributed by atoms with van der Waals surface area (Å²) in [6.07, 6.45) is 12.1. The van der Waals surface area contributed by atoms with E-state index in [-0.39, 0.29) is 0 Å². The lowest BCUT2D eigenvalue weighted by atomic mass is 9.68. The lowest BCUT2D eigenvalue weighted by Gasteiger charge is -2.38. The molecule has 0 bridgehead atoms. The van der Waals surface area contributed by atoms with Crippen molar-refractivity contribution < 1.29 is 0 Å². The van der Waals surface area contributed by atoms with Gasteiger partial charge in [0.2, 0.25) is 0 Å². The molecule has 0 saturated heterocycles.